The Bertz CT molecular complexity index is 509. The molecule has 2 aromatic heterocycles. The zero-order valence-corrected chi connectivity index (χ0v) is 9.76. The van der Waals surface area contributed by atoms with Crippen LogP contribution in [0.25, 0.3) is 0 Å². The molecule has 0 N–H and O–H groups in total. The van der Waals surface area contributed by atoms with Crippen LogP contribution >= 0.6 is 0 Å². The molecule has 0 aliphatic heterocycles. The van der Waals surface area contributed by atoms with E-state index in [1.165, 1.54) is 0 Å². The van der Waals surface area contributed by atoms with E-state index in [0.29, 0.717) is 12.8 Å². The maximum absolute atomic E-state index is 11.8. The molecule has 0 fully saturated rings. The van der Waals surface area contributed by atoms with Crippen LogP contribution in [0.2, 0.25) is 0 Å². The summed E-state index contributed by atoms with van der Waals surface area (Å²) in [7, 11) is 0. The Hall–Kier alpha value is -2.03. The summed E-state index contributed by atoms with van der Waals surface area (Å²) >= 11 is 0. The molecule has 3 heteroatoms. The molecule has 0 amide bonds. The van der Waals surface area contributed by atoms with Crippen molar-refractivity contribution < 1.29 is 4.79 Å². The Balaban J connectivity index is 1.98. The van der Waals surface area contributed by atoms with Gasteiger partial charge < -0.3 is 0 Å². The Morgan fingerprint density at radius 3 is 2.53 bits per heavy atom. The van der Waals surface area contributed by atoms with Crippen LogP contribution in [-0.2, 0) is 17.6 Å². The minimum atomic E-state index is 0.141. The normalized spacial score (nSPS) is 10.2. The first-order valence-electron chi connectivity index (χ1n) is 5.58. The highest BCUT2D eigenvalue weighted by atomic mass is 16.1. The summed E-state index contributed by atoms with van der Waals surface area (Å²) in [6, 6.07) is 11.3. The van der Waals surface area contributed by atoms with Gasteiger partial charge in [0.15, 0.2) is 0 Å². The van der Waals surface area contributed by atoms with Gasteiger partial charge in [-0.15, -0.1) is 0 Å². The van der Waals surface area contributed by atoms with E-state index in [1.807, 2.05) is 43.3 Å². The highest BCUT2D eigenvalue weighted by molar-refractivity contribution is 5.82. The fourth-order valence-electron chi connectivity index (χ4n) is 1.67. The topological polar surface area (TPSA) is 42.9 Å². The predicted molar refractivity (Wildman–Crippen MR) is 65.6 cm³/mol. The fourth-order valence-corrected chi connectivity index (χ4v) is 1.67. The lowest BCUT2D eigenvalue weighted by Crippen LogP contribution is -2.09. The fraction of sp³-hybridized carbons (Fsp3) is 0.214. The average molecular weight is 226 g/mol. The number of Topliss-reactive ketones (excluding diaryl/α,β-unsaturated/α-hetero) is 1. The molecule has 0 aliphatic rings. The molecule has 0 radical (unpaired) electrons. The molecule has 0 saturated heterocycles. The molecule has 0 atom stereocenters. The van der Waals surface area contributed by atoms with Gasteiger partial charge >= 0.3 is 0 Å². The minimum Gasteiger partial charge on any atom is -0.299 e. The second-order valence-electron chi connectivity index (χ2n) is 3.98. The lowest BCUT2D eigenvalue weighted by atomic mass is 10.1. The number of carbonyl (C=O) groups is 1. The van der Waals surface area contributed by atoms with Crippen LogP contribution in [0.1, 0.15) is 17.1 Å². The summed E-state index contributed by atoms with van der Waals surface area (Å²) in [4.78, 5) is 20.3. The third-order valence-electron chi connectivity index (χ3n) is 2.43. The maximum atomic E-state index is 11.8. The molecule has 0 spiro atoms. The van der Waals surface area contributed by atoms with Crippen molar-refractivity contribution in [3.8, 4) is 0 Å². The van der Waals surface area contributed by atoms with Crippen LogP contribution < -0.4 is 0 Å². The van der Waals surface area contributed by atoms with E-state index in [2.05, 4.69) is 9.97 Å². The molecule has 2 aromatic rings. The van der Waals surface area contributed by atoms with Crippen molar-refractivity contribution in [3.05, 3.63) is 59.7 Å². The monoisotopic (exact) mass is 226 g/mol. The zero-order valence-electron chi connectivity index (χ0n) is 9.76. The molecule has 0 saturated carbocycles. The number of aryl methyl sites for hydroxylation is 1. The van der Waals surface area contributed by atoms with Gasteiger partial charge in [0.25, 0.3) is 0 Å². The van der Waals surface area contributed by atoms with E-state index in [-0.39, 0.29) is 5.78 Å². The summed E-state index contributed by atoms with van der Waals surface area (Å²) in [5, 5.41) is 0. The smallest absolute Gasteiger partial charge is 0.144 e. The van der Waals surface area contributed by atoms with E-state index in [9.17, 15) is 4.79 Å². The average Bonchev–Trinajstić information content (AvgIpc) is 2.30. The second-order valence-corrected chi connectivity index (χ2v) is 3.98. The number of pyridine rings is 2. The summed E-state index contributed by atoms with van der Waals surface area (Å²) in [6.07, 6.45) is 2.45. The number of carbonyl (C=O) groups excluding carboxylic acids is 1. The van der Waals surface area contributed by atoms with Gasteiger partial charge in [0, 0.05) is 36.1 Å². The first kappa shape index (κ1) is 11.5. The molecule has 0 aliphatic carbocycles. The number of aromatic nitrogens is 2. The van der Waals surface area contributed by atoms with Crippen molar-refractivity contribution in [2.45, 2.75) is 19.8 Å². The van der Waals surface area contributed by atoms with Gasteiger partial charge in [0.05, 0.1) is 0 Å². The van der Waals surface area contributed by atoms with Gasteiger partial charge in [-0.25, -0.2) is 0 Å². The Labute approximate surface area is 101 Å². The van der Waals surface area contributed by atoms with Gasteiger partial charge in [-0.1, -0.05) is 12.1 Å². The molecule has 17 heavy (non-hydrogen) atoms. The lowest BCUT2D eigenvalue weighted by molar-refractivity contribution is -0.117. The van der Waals surface area contributed by atoms with Crippen molar-refractivity contribution in [1.29, 1.82) is 0 Å². The molecule has 3 nitrogen and oxygen atoms in total. The second kappa shape index (κ2) is 5.34. The SMILES string of the molecule is Cc1cccc(CC(=O)Cc2ccccn2)n1. The molecule has 86 valence electrons. The van der Waals surface area contributed by atoms with E-state index in [1.54, 1.807) is 6.20 Å². The third kappa shape index (κ3) is 3.48. The van der Waals surface area contributed by atoms with Gasteiger partial charge in [0.1, 0.15) is 5.78 Å². The summed E-state index contributed by atoms with van der Waals surface area (Å²) in [5.74, 6) is 0.141. The summed E-state index contributed by atoms with van der Waals surface area (Å²) in [6.45, 7) is 1.92. The van der Waals surface area contributed by atoms with Gasteiger partial charge in [0.2, 0.25) is 0 Å². The predicted octanol–water partition coefficient (Wildman–Crippen LogP) is 2.14. The van der Waals surface area contributed by atoms with Gasteiger partial charge in [-0.3, -0.25) is 14.8 Å². The van der Waals surface area contributed by atoms with E-state index < -0.39 is 0 Å². The standard InChI is InChI=1S/C14H14N2O/c1-11-5-4-7-13(16-11)10-14(17)9-12-6-2-3-8-15-12/h2-8H,9-10H2,1H3. The Kier molecular flexibility index (Phi) is 3.60. The molecule has 0 bridgehead atoms. The number of ketones is 1. The number of hydrogen-bond donors (Lipinski definition) is 0. The summed E-state index contributed by atoms with van der Waals surface area (Å²) < 4.78 is 0. The van der Waals surface area contributed by atoms with Crippen molar-refractivity contribution in [3.63, 3.8) is 0 Å². The van der Waals surface area contributed by atoms with Crippen LogP contribution in [0.3, 0.4) is 0 Å². The molecule has 0 aromatic carbocycles. The molecule has 0 unspecified atom stereocenters. The van der Waals surface area contributed by atoms with Crippen LogP contribution in [0, 0.1) is 6.92 Å². The van der Waals surface area contributed by atoms with Crippen LogP contribution in [0.15, 0.2) is 42.6 Å². The van der Waals surface area contributed by atoms with Crippen molar-refractivity contribution in [2.75, 3.05) is 0 Å². The van der Waals surface area contributed by atoms with Crippen molar-refractivity contribution in [1.82, 2.24) is 9.97 Å². The van der Waals surface area contributed by atoms with Crippen molar-refractivity contribution in [2.24, 2.45) is 0 Å². The third-order valence-corrected chi connectivity index (χ3v) is 2.43. The highest BCUT2D eigenvalue weighted by Crippen LogP contribution is 2.03. The van der Waals surface area contributed by atoms with Crippen molar-refractivity contribution >= 4 is 5.78 Å². The molecule has 2 heterocycles. The zero-order chi connectivity index (χ0) is 12.1. The number of hydrogen-bond acceptors (Lipinski definition) is 3. The first-order chi connectivity index (χ1) is 8.24. The lowest BCUT2D eigenvalue weighted by Gasteiger charge is -2.01. The Morgan fingerprint density at radius 2 is 1.82 bits per heavy atom. The van der Waals surface area contributed by atoms with E-state index in [4.69, 9.17) is 0 Å². The molecular weight excluding hydrogens is 212 g/mol. The Morgan fingerprint density at radius 1 is 1.06 bits per heavy atom. The van der Waals surface area contributed by atoms with E-state index >= 15 is 0 Å². The van der Waals surface area contributed by atoms with Gasteiger partial charge in [-0.2, -0.15) is 0 Å². The first-order valence-corrected chi connectivity index (χ1v) is 5.58. The van der Waals surface area contributed by atoms with E-state index in [0.717, 1.165) is 17.1 Å². The van der Waals surface area contributed by atoms with Crippen LogP contribution in [-0.4, -0.2) is 15.8 Å². The number of rotatable bonds is 4. The largest absolute Gasteiger partial charge is 0.299 e. The minimum absolute atomic E-state index is 0.141. The van der Waals surface area contributed by atoms with Gasteiger partial charge in [-0.05, 0) is 31.2 Å². The maximum Gasteiger partial charge on any atom is 0.144 e. The number of nitrogens with zero attached hydrogens (tertiary/aromatic N) is 2. The highest BCUT2D eigenvalue weighted by Gasteiger charge is 2.06. The van der Waals surface area contributed by atoms with Crippen LogP contribution in [0.5, 0.6) is 0 Å². The quantitative estimate of drug-likeness (QED) is 0.802. The summed E-state index contributed by atoms with van der Waals surface area (Å²) in [5.41, 5.74) is 2.57. The van der Waals surface area contributed by atoms with Crippen LogP contribution in [0.4, 0.5) is 0 Å². The molecule has 2 rings (SSSR count). The molecular formula is C14H14N2O.